The molecule has 1 N–H and O–H groups in total. The highest BCUT2D eigenvalue weighted by atomic mass is 32.1. The summed E-state index contributed by atoms with van der Waals surface area (Å²) < 4.78 is 10.8. The van der Waals surface area contributed by atoms with Crippen molar-refractivity contribution in [1.29, 1.82) is 0 Å². The minimum absolute atomic E-state index is 0.641. The molecule has 2 rings (SSSR count). The van der Waals surface area contributed by atoms with Gasteiger partial charge in [-0.15, -0.1) is 11.3 Å². The van der Waals surface area contributed by atoms with E-state index < -0.39 is 0 Å². The Balaban J connectivity index is 1.83. The Labute approximate surface area is 123 Å². The van der Waals surface area contributed by atoms with E-state index in [9.17, 15) is 0 Å². The van der Waals surface area contributed by atoms with E-state index in [0.29, 0.717) is 6.61 Å². The fourth-order valence-electron chi connectivity index (χ4n) is 1.90. The van der Waals surface area contributed by atoms with Gasteiger partial charge in [0, 0.05) is 31.1 Å². The lowest BCUT2D eigenvalue weighted by atomic mass is 10.2. The fraction of sp³-hybridized carbons (Fsp3) is 0.400. The van der Waals surface area contributed by atoms with Gasteiger partial charge in [0.1, 0.15) is 0 Å². The third kappa shape index (κ3) is 4.21. The Morgan fingerprint density at radius 2 is 2.20 bits per heavy atom. The van der Waals surface area contributed by atoms with E-state index in [1.54, 1.807) is 18.4 Å². The second kappa shape index (κ2) is 7.87. The summed E-state index contributed by atoms with van der Waals surface area (Å²) >= 11 is 1.70. The van der Waals surface area contributed by atoms with Crippen molar-refractivity contribution in [3.8, 4) is 11.5 Å². The smallest absolute Gasteiger partial charge is 0.161 e. The van der Waals surface area contributed by atoms with Crippen LogP contribution in [0, 0.1) is 0 Å². The lowest BCUT2D eigenvalue weighted by Crippen LogP contribution is -2.16. The molecule has 0 amide bonds. The standard InChI is InChI=1S/C15H20N2O2S/c1-3-19-13-5-4-12(10-14(13)18-2)11-16-7-6-15-17-8-9-20-15/h4-5,8-10,16H,3,6-7,11H2,1-2H3. The number of methoxy groups -OCH3 is 1. The van der Waals surface area contributed by atoms with E-state index in [-0.39, 0.29) is 0 Å². The Morgan fingerprint density at radius 3 is 2.90 bits per heavy atom. The first-order chi connectivity index (χ1) is 9.83. The van der Waals surface area contributed by atoms with Gasteiger partial charge in [-0.1, -0.05) is 6.07 Å². The topological polar surface area (TPSA) is 43.4 Å². The van der Waals surface area contributed by atoms with Crippen LogP contribution in [-0.2, 0) is 13.0 Å². The summed E-state index contributed by atoms with van der Waals surface area (Å²) in [6.45, 7) is 4.34. The normalized spacial score (nSPS) is 10.5. The average molecular weight is 292 g/mol. The summed E-state index contributed by atoms with van der Waals surface area (Å²) in [5.74, 6) is 1.58. The number of ether oxygens (including phenoxy) is 2. The van der Waals surface area contributed by atoms with Crippen molar-refractivity contribution in [2.24, 2.45) is 0 Å². The molecular weight excluding hydrogens is 272 g/mol. The molecule has 0 aliphatic carbocycles. The zero-order chi connectivity index (χ0) is 14.2. The monoisotopic (exact) mass is 292 g/mol. The molecule has 0 bridgehead atoms. The zero-order valence-electron chi connectivity index (χ0n) is 11.9. The Bertz CT molecular complexity index is 515. The first kappa shape index (κ1) is 14.8. The van der Waals surface area contributed by atoms with Gasteiger partial charge in [-0.2, -0.15) is 0 Å². The molecule has 0 radical (unpaired) electrons. The zero-order valence-corrected chi connectivity index (χ0v) is 12.7. The molecule has 1 aromatic heterocycles. The number of rotatable bonds is 8. The second-order valence-electron chi connectivity index (χ2n) is 4.27. The van der Waals surface area contributed by atoms with Gasteiger partial charge in [-0.25, -0.2) is 4.98 Å². The van der Waals surface area contributed by atoms with E-state index in [1.807, 2.05) is 30.6 Å². The van der Waals surface area contributed by atoms with Crippen LogP contribution in [0.4, 0.5) is 0 Å². The Hall–Kier alpha value is -1.59. The Kier molecular flexibility index (Phi) is 5.83. The van der Waals surface area contributed by atoms with Crippen LogP contribution in [0.5, 0.6) is 11.5 Å². The van der Waals surface area contributed by atoms with Crippen molar-refractivity contribution in [2.45, 2.75) is 19.9 Å². The first-order valence-electron chi connectivity index (χ1n) is 6.72. The number of hydrogen-bond acceptors (Lipinski definition) is 5. The summed E-state index contributed by atoms with van der Waals surface area (Å²) in [5.41, 5.74) is 1.18. The molecule has 0 aliphatic heterocycles. The largest absolute Gasteiger partial charge is 0.493 e. The van der Waals surface area contributed by atoms with Gasteiger partial charge < -0.3 is 14.8 Å². The maximum Gasteiger partial charge on any atom is 0.161 e. The van der Waals surface area contributed by atoms with Crippen LogP contribution in [0.15, 0.2) is 29.8 Å². The third-order valence-corrected chi connectivity index (χ3v) is 3.70. The third-order valence-electron chi connectivity index (χ3n) is 2.86. The van der Waals surface area contributed by atoms with Gasteiger partial charge >= 0.3 is 0 Å². The molecular formula is C15H20N2O2S. The maximum atomic E-state index is 5.51. The van der Waals surface area contributed by atoms with Crippen molar-refractivity contribution < 1.29 is 9.47 Å². The first-order valence-corrected chi connectivity index (χ1v) is 7.60. The summed E-state index contributed by atoms with van der Waals surface area (Å²) in [7, 11) is 1.66. The summed E-state index contributed by atoms with van der Waals surface area (Å²) in [4.78, 5) is 4.26. The van der Waals surface area contributed by atoms with E-state index in [1.165, 1.54) is 10.6 Å². The van der Waals surface area contributed by atoms with Crippen LogP contribution >= 0.6 is 11.3 Å². The van der Waals surface area contributed by atoms with E-state index in [0.717, 1.165) is 31.0 Å². The molecule has 0 atom stereocenters. The predicted molar refractivity (Wildman–Crippen MR) is 81.7 cm³/mol. The van der Waals surface area contributed by atoms with Gasteiger partial charge in [-0.3, -0.25) is 0 Å². The van der Waals surface area contributed by atoms with Crippen LogP contribution in [0.3, 0.4) is 0 Å². The van der Waals surface area contributed by atoms with Gasteiger partial charge in [0.05, 0.1) is 18.7 Å². The van der Waals surface area contributed by atoms with Gasteiger partial charge in [0.15, 0.2) is 11.5 Å². The van der Waals surface area contributed by atoms with Crippen molar-refractivity contribution >= 4 is 11.3 Å². The molecule has 2 aromatic rings. The molecule has 20 heavy (non-hydrogen) atoms. The molecule has 5 heteroatoms. The molecule has 1 heterocycles. The van der Waals surface area contributed by atoms with Crippen LogP contribution in [0.25, 0.3) is 0 Å². The van der Waals surface area contributed by atoms with E-state index >= 15 is 0 Å². The lowest BCUT2D eigenvalue weighted by molar-refractivity contribution is 0.310. The number of hydrogen-bond donors (Lipinski definition) is 1. The van der Waals surface area contributed by atoms with Gasteiger partial charge in [0.2, 0.25) is 0 Å². The van der Waals surface area contributed by atoms with E-state index in [2.05, 4.69) is 16.4 Å². The van der Waals surface area contributed by atoms with Crippen LogP contribution in [0.2, 0.25) is 0 Å². The fourth-order valence-corrected chi connectivity index (χ4v) is 2.52. The van der Waals surface area contributed by atoms with Crippen LogP contribution in [0.1, 0.15) is 17.5 Å². The molecule has 108 valence electrons. The van der Waals surface area contributed by atoms with E-state index in [4.69, 9.17) is 9.47 Å². The second-order valence-corrected chi connectivity index (χ2v) is 5.25. The highest BCUT2D eigenvalue weighted by Crippen LogP contribution is 2.27. The van der Waals surface area contributed by atoms with Gasteiger partial charge in [-0.05, 0) is 24.6 Å². The van der Waals surface area contributed by atoms with Crippen molar-refractivity contribution in [3.05, 3.63) is 40.3 Å². The summed E-state index contributed by atoms with van der Waals surface area (Å²) in [6.07, 6.45) is 2.81. The summed E-state index contributed by atoms with van der Waals surface area (Å²) in [6, 6.07) is 6.03. The minimum atomic E-state index is 0.641. The van der Waals surface area contributed by atoms with Crippen molar-refractivity contribution in [3.63, 3.8) is 0 Å². The molecule has 0 saturated carbocycles. The lowest BCUT2D eigenvalue weighted by Gasteiger charge is -2.11. The van der Waals surface area contributed by atoms with Crippen LogP contribution < -0.4 is 14.8 Å². The van der Waals surface area contributed by atoms with Crippen LogP contribution in [-0.4, -0.2) is 25.2 Å². The number of aromatic nitrogens is 1. The average Bonchev–Trinajstić information content (AvgIpc) is 2.98. The quantitative estimate of drug-likeness (QED) is 0.760. The molecule has 0 unspecified atom stereocenters. The number of nitrogens with zero attached hydrogens (tertiary/aromatic N) is 1. The maximum absolute atomic E-state index is 5.51. The molecule has 0 aliphatic rings. The molecule has 0 fully saturated rings. The van der Waals surface area contributed by atoms with Gasteiger partial charge in [0.25, 0.3) is 0 Å². The van der Waals surface area contributed by atoms with Crippen molar-refractivity contribution in [1.82, 2.24) is 10.3 Å². The highest BCUT2D eigenvalue weighted by Gasteiger charge is 2.05. The molecule has 4 nitrogen and oxygen atoms in total. The SMILES string of the molecule is CCOc1ccc(CNCCc2nccs2)cc1OC. The predicted octanol–water partition coefficient (Wildman–Crippen LogP) is 2.88. The minimum Gasteiger partial charge on any atom is -0.493 e. The molecule has 1 aromatic carbocycles. The number of benzene rings is 1. The Morgan fingerprint density at radius 1 is 1.30 bits per heavy atom. The number of thiazole rings is 1. The summed E-state index contributed by atoms with van der Waals surface area (Å²) in [5, 5.41) is 6.59. The molecule has 0 saturated heterocycles. The molecule has 0 spiro atoms. The highest BCUT2D eigenvalue weighted by molar-refractivity contribution is 7.09. The number of nitrogens with one attached hydrogen (secondary N) is 1. The van der Waals surface area contributed by atoms with Crippen molar-refractivity contribution in [2.75, 3.05) is 20.3 Å².